The van der Waals surface area contributed by atoms with E-state index in [1.54, 1.807) is 4.90 Å². The summed E-state index contributed by atoms with van der Waals surface area (Å²) in [4.78, 5) is 22.8. The van der Waals surface area contributed by atoms with E-state index in [2.05, 4.69) is 9.97 Å². The number of aliphatic hydroxyl groups is 1. The lowest BCUT2D eigenvalue weighted by Gasteiger charge is -2.30. The van der Waals surface area contributed by atoms with Gasteiger partial charge in [-0.3, -0.25) is 4.79 Å². The molecular weight excluding hydrogens is 290 g/mol. The van der Waals surface area contributed by atoms with Gasteiger partial charge in [0.25, 0.3) is 5.91 Å². The highest BCUT2D eigenvalue weighted by atomic mass is 35.5. The zero-order valence-corrected chi connectivity index (χ0v) is 13.9. The number of aliphatic hydroxyl groups excluding tert-OH is 1. The largest absolute Gasteiger partial charge is 0.395 e. The van der Waals surface area contributed by atoms with Gasteiger partial charge in [0, 0.05) is 18.5 Å². The molecule has 0 atom stereocenters. The van der Waals surface area contributed by atoms with Crippen molar-refractivity contribution in [2.75, 3.05) is 13.2 Å². The van der Waals surface area contributed by atoms with Gasteiger partial charge in [-0.25, -0.2) is 9.97 Å². The monoisotopic (exact) mass is 313 g/mol. The van der Waals surface area contributed by atoms with Gasteiger partial charge >= 0.3 is 0 Å². The summed E-state index contributed by atoms with van der Waals surface area (Å²) in [6.07, 6.45) is 3.12. The van der Waals surface area contributed by atoms with Crippen molar-refractivity contribution in [2.45, 2.75) is 52.5 Å². The van der Waals surface area contributed by atoms with E-state index in [-0.39, 0.29) is 41.7 Å². The normalized spacial score (nSPS) is 11.2. The van der Waals surface area contributed by atoms with Crippen molar-refractivity contribution in [2.24, 2.45) is 0 Å². The molecule has 1 N–H and O–H groups in total. The number of halogens is 1. The van der Waals surface area contributed by atoms with Crippen LogP contribution in [0.15, 0.2) is 6.20 Å². The third-order valence-electron chi connectivity index (χ3n) is 3.47. The molecule has 0 saturated carbocycles. The Morgan fingerprint density at radius 3 is 2.48 bits per heavy atom. The van der Waals surface area contributed by atoms with E-state index >= 15 is 0 Å². The van der Waals surface area contributed by atoms with Crippen LogP contribution in [0.1, 0.15) is 62.8 Å². The lowest BCUT2D eigenvalue weighted by atomic mass is 10.1. The van der Waals surface area contributed by atoms with Crippen molar-refractivity contribution in [3.05, 3.63) is 22.7 Å². The molecule has 0 saturated heterocycles. The van der Waals surface area contributed by atoms with Crippen LogP contribution in [0.25, 0.3) is 0 Å². The molecule has 1 aromatic rings. The zero-order valence-electron chi connectivity index (χ0n) is 13.1. The number of hydrogen-bond acceptors (Lipinski definition) is 4. The fourth-order valence-corrected chi connectivity index (χ4v) is 2.40. The van der Waals surface area contributed by atoms with Gasteiger partial charge in [0.1, 0.15) is 5.82 Å². The van der Waals surface area contributed by atoms with Gasteiger partial charge in [-0.2, -0.15) is 0 Å². The van der Waals surface area contributed by atoms with Crippen LogP contribution in [-0.2, 0) is 0 Å². The number of rotatable bonds is 7. The van der Waals surface area contributed by atoms with Gasteiger partial charge in [-0.15, -0.1) is 0 Å². The van der Waals surface area contributed by atoms with Crippen molar-refractivity contribution >= 4 is 17.5 Å². The summed E-state index contributed by atoms with van der Waals surface area (Å²) >= 11 is 6.10. The van der Waals surface area contributed by atoms with E-state index < -0.39 is 0 Å². The molecule has 0 radical (unpaired) electrons. The molecule has 0 aliphatic heterocycles. The first-order chi connectivity index (χ1) is 9.96. The first-order valence-corrected chi connectivity index (χ1v) is 7.78. The van der Waals surface area contributed by atoms with Crippen molar-refractivity contribution in [1.29, 1.82) is 0 Å². The minimum absolute atomic E-state index is 0.0678. The van der Waals surface area contributed by atoms with Crippen LogP contribution >= 0.6 is 11.6 Å². The van der Waals surface area contributed by atoms with Gasteiger partial charge in [0.05, 0.1) is 17.8 Å². The predicted molar refractivity (Wildman–Crippen MR) is 83.6 cm³/mol. The van der Waals surface area contributed by atoms with Crippen molar-refractivity contribution in [1.82, 2.24) is 14.9 Å². The molecule has 0 unspecified atom stereocenters. The summed E-state index contributed by atoms with van der Waals surface area (Å²) in [6.45, 7) is 8.16. The predicted octanol–water partition coefficient (Wildman–Crippen LogP) is 2.88. The van der Waals surface area contributed by atoms with E-state index in [9.17, 15) is 9.90 Å². The molecular formula is C15H24ClN3O2. The number of nitrogens with zero attached hydrogens (tertiary/aromatic N) is 3. The molecule has 5 nitrogen and oxygen atoms in total. The van der Waals surface area contributed by atoms with Crippen LogP contribution < -0.4 is 0 Å². The second-order valence-electron chi connectivity index (χ2n) is 5.27. The van der Waals surface area contributed by atoms with Crippen LogP contribution in [0.5, 0.6) is 0 Å². The zero-order chi connectivity index (χ0) is 16.0. The van der Waals surface area contributed by atoms with Crippen molar-refractivity contribution in [3.8, 4) is 0 Å². The summed E-state index contributed by atoms with van der Waals surface area (Å²) in [6, 6.07) is 0.0678. The maximum atomic E-state index is 12.7. The van der Waals surface area contributed by atoms with Gasteiger partial charge in [0.15, 0.2) is 5.69 Å². The van der Waals surface area contributed by atoms with Crippen LogP contribution in [0, 0.1) is 0 Å². The molecule has 1 rings (SSSR count). The topological polar surface area (TPSA) is 66.3 Å². The Bertz CT molecular complexity index is 476. The highest BCUT2D eigenvalue weighted by Gasteiger charge is 2.25. The van der Waals surface area contributed by atoms with Gasteiger partial charge < -0.3 is 10.0 Å². The lowest BCUT2D eigenvalue weighted by molar-refractivity contribution is 0.0616. The number of carbonyl (C=O) groups excluding carboxylic acids is 1. The SMILES string of the molecule is CCC(CC)N(CCO)C(=O)c1nc(C(C)C)ncc1Cl. The van der Waals surface area contributed by atoms with E-state index in [4.69, 9.17) is 11.6 Å². The fraction of sp³-hybridized carbons (Fsp3) is 0.667. The van der Waals surface area contributed by atoms with Crippen LogP contribution in [0.4, 0.5) is 0 Å². The quantitative estimate of drug-likeness (QED) is 0.840. The summed E-state index contributed by atoms with van der Waals surface area (Å²) in [5.74, 6) is 0.469. The molecule has 6 heteroatoms. The standard InChI is InChI=1S/C15H24ClN3O2/c1-5-11(6-2)19(7-8-20)15(21)13-12(16)9-17-14(18-13)10(3)4/h9-11,20H,5-8H2,1-4H3. The minimum Gasteiger partial charge on any atom is -0.395 e. The highest BCUT2D eigenvalue weighted by Crippen LogP contribution is 2.20. The van der Waals surface area contributed by atoms with E-state index in [0.29, 0.717) is 5.82 Å². The Hall–Kier alpha value is -1.20. The van der Waals surface area contributed by atoms with Gasteiger partial charge in [0.2, 0.25) is 0 Å². The molecule has 0 aromatic carbocycles. The highest BCUT2D eigenvalue weighted by molar-refractivity contribution is 6.33. The number of hydrogen-bond donors (Lipinski definition) is 1. The van der Waals surface area contributed by atoms with Gasteiger partial charge in [-0.05, 0) is 12.8 Å². The molecule has 118 valence electrons. The Morgan fingerprint density at radius 2 is 2.00 bits per heavy atom. The summed E-state index contributed by atoms with van der Waals surface area (Å²) in [5.41, 5.74) is 0.218. The molecule has 0 fully saturated rings. The molecule has 1 heterocycles. The average Bonchev–Trinajstić information content (AvgIpc) is 2.47. The first-order valence-electron chi connectivity index (χ1n) is 7.40. The summed E-state index contributed by atoms with van der Waals surface area (Å²) in [5, 5.41) is 9.47. The average molecular weight is 314 g/mol. The Kier molecular flexibility index (Phi) is 7.05. The first kappa shape index (κ1) is 17.9. The third-order valence-corrected chi connectivity index (χ3v) is 3.74. The molecule has 0 aliphatic carbocycles. The summed E-state index contributed by atoms with van der Waals surface area (Å²) in [7, 11) is 0. The molecule has 1 aromatic heterocycles. The number of amides is 1. The molecule has 1 amide bonds. The van der Waals surface area contributed by atoms with E-state index in [0.717, 1.165) is 12.8 Å². The Labute approximate surface area is 131 Å². The Balaban J connectivity index is 3.16. The third kappa shape index (κ3) is 4.38. The van der Waals surface area contributed by atoms with Crippen LogP contribution in [0.3, 0.4) is 0 Å². The van der Waals surface area contributed by atoms with E-state index in [1.165, 1.54) is 6.20 Å². The van der Waals surface area contributed by atoms with Crippen molar-refractivity contribution < 1.29 is 9.90 Å². The van der Waals surface area contributed by atoms with Gasteiger partial charge in [-0.1, -0.05) is 39.3 Å². The second-order valence-corrected chi connectivity index (χ2v) is 5.68. The maximum absolute atomic E-state index is 12.7. The maximum Gasteiger partial charge on any atom is 0.274 e. The molecule has 0 spiro atoms. The summed E-state index contributed by atoms with van der Waals surface area (Å²) < 4.78 is 0. The molecule has 21 heavy (non-hydrogen) atoms. The molecule has 0 bridgehead atoms. The van der Waals surface area contributed by atoms with E-state index in [1.807, 2.05) is 27.7 Å². The second kappa shape index (κ2) is 8.29. The van der Waals surface area contributed by atoms with Crippen LogP contribution in [0.2, 0.25) is 5.02 Å². The Morgan fingerprint density at radius 1 is 1.38 bits per heavy atom. The number of carbonyl (C=O) groups is 1. The molecule has 0 aliphatic rings. The minimum atomic E-state index is -0.243. The lowest BCUT2D eigenvalue weighted by Crippen LogP contribution is -2.42. The number of aromatic nitrogens is 2. The smallest absolute Gasteiger partial charge is 0.274 e. The van der Waals surface area contributed by atoms with Crippen LogP contribution in [-0.4, -0.2) is 45.1 Å². The fourth-order valence-electron chi connectivity index (χ4n) is 2.23. The van der Waals surface area contributed by atoms with Crippen molar-refractivity contribution in [3.63, 3.8) is 0 Å².